The SMILES string of the molecule is CCCCN(CCO)C(=O)C(C)C(C)C(=O)O. The lowest BCUT2D eigenvalue weighted by Gasteiger charge is -2.26. The highest BCUT2D eigenvalue weighted by Crippen LogP contribution is 2.15. The lowest BCUT2D eigenvalue weighted by Crippen LogP contribution is -2.41. The van der Waals surface area contributed by atoms with Crippen molar-refractivity contribution in [3.05, 3.63) is 0 Å². The molecule has 0 aliphatic rings. The summed E-state index contributed by atoms with van der Waals surface area (Å²) in [6.45, 7) is 5.93. The van der Waals surface area contributed by atoms with Crippen LogP contribution in [0.3, 0.4) is 0 Å². The molecule has 2 atom stereocenters. The molecule has 17 heavy (non-hydrogen) atoms. The highest BCUT2D eigenvalue weighted by molar-refractivity contribution is 5.84. The Morgan fingerprint density at radius 2 is 1.76 bits per heavy atom. The normalized spacial score (nSPS) is 14.1. The van der Waals surface area contributed by atoms with Crippen LogP contribution in [0.4, 0.5) is 0 Å². The number of aliphatic carboxylic acids is 1. The predicted molar refractivity (Wildman–Crippen MR) is 64.5 cm³/mol. The van der Waals surface area contributed by atoms with E-state index in [1.165, 1.54) is 6.92 Å². The zero-order valence-corrected chi connectivity index (χ0v) is 10.8. The molecule has 0 aromatic carbocycles. The molecule has 0 rings (SSSR count). The number of hydrogen-bond acceptors (Lipinski definition) is 3. The number of nitrogens with zero attached hydrogens (tertiary/aromatic N) is 1. The number of amides is 1. The Morgan fingerprint density at radius 3 is 2.18 bits per heavy atom. The maximum Gasteiger partial charge on any atom is 0.307 e. The Hall–Kier alpha value is -1.10. The quantitative estimate of drug-likeness (QED) is 0.668. The average molecular weight is 245 g/mol. The van der Waals surface area contributed by atoms with Gasteiger partial charge in [0.05, 0.1) is 12.5 Å². The largest absolute Gasteiger partial charge is 0.481 e. The van der Waals surface area contributed by atoms with Crippen molar-refractivity contribution in [1.29, 1.82) is 0 Å². The van der Waals surface area contributed by atoms with Gasteiger partial charge in [0, 0.05) is 19.0 Å². The Morgan fingerprint density at radius 1 is 1.18 bits per heavy atom. The first kappa shape index (κ1) is 15.9. The first-order valence-corrected chi connectivity index (χ1v) is 6.08. The summed E-state index contributed by atoms with van der Waals surface area (Å²) in [5.41, 5.74) is 0. The van der Waals surface area contributed by atoms with Crippen molar-refractivity contribution >= 4 is 11.9 Å². The fourth-order valence-electron chi connectivity index (χ4n) is 1.52. The van der Waals surface area contributed by atoms with E-state index in [1.807, 2.05) is 6.92 Å². The lowest BCUT2D eigenvalue weighted by molar-refractivity contribution is -0.149. The van der Waals surface area contributed by atoms with E-state index in [4.69, 9.17) is 10.2 Å². The maximum absolute atomic E-state index is 12.0. The summed E-state index contributed by atoms with van der Waals surface area (Å²) in [5.74, 6) is -2.42. The van der Waals surface area contributed by atoms with E-state index in [0.29, 0.717) is 6.54 Å². The van der Waals surface area contributed by atoms with Crippen molar-refractivity contribution in [2.24, 2.45) is 11.8 Å². The molecule has 5 heteroatoms. The van der Waals surface area contributed by atoms with Crippen LogP contribution in [0.25, 0.3) is 0 Å². The van der Waals surface area contributed by atoms with Gasteiger partial charge in [-0.3, -0.25) is 9.59 Å². The van der Waals surface area contributed by atoms with Crippen LogP contribution >= 0.6 is 0 Å². The molecule has 0 aliphatic carbocycles. The minimum atomic E-state index is -0.967. The lowest BCUT2D eigenvalue weighted by atomic mass is 9.94. The second kappa shape index (κ2) is 8.06. The third kappa shape index (κ3) is 5.17. The van der Waals surface area contributed by atoms with Gasteiger partial charge >= 0.3 is 5.97 Å². The number of carboxylic acid groups (broad SMARTS) is 1. The molecule has 0 fully saturated rings. The van der Waals surface area contributed by atoms with Crippen LogP contribution < -0.4 is 0 Å². The van der Waals surface area contributed by atoms with E-state index in [2.05, 4.69) is 0 Å². The molecule has 2 unspecified atom stereocenters. The number of carbonyl (C=O) groups excluding carboxylic acids is 1. The van der Waals surface area contributed by atoms with E-state index in [9.17, 15) is 9.59 Å². The first-order chi connectivity index (χ1) is 7.95. The molecule has 0 saturated carbocycles. The number of carbonyl (C=O) groups is 2. The summed E-state index contributed by atoms with van der Waals surface area (Å²) in [6.07, 6.45) is 1.82. The van der Waals surface area contributed by atoms with Crippen LogP contribution in [0.2, 0.25) is 0 Å². The van der Waals surface area contributed by atoms with Gasteiger partial charge in [-0.05, 0) is 6.42 Å². The zero-order valence-electron chi connectivity index (χ0n) is 10.8. The van der Waals surface area contributed by atoms with Crippen molar-refractivity contribution < 1.29 is 19.8 Å². The van der Waals surface area contributed by atoms with Gasteiger partial charge in [-0.15, -0.1) is 0 Å². The van der Waals surface area contributed by atoms with Gasteiger partial charge < -0.3 is 15.1 Å². The number of aliphatic hydroxyl groups is 1. The van der Waals surface area contributed by atoms with Crippen molar-refractivity contribution in [1.82, 2.24) is 4.90 Å². The molecular formula is C12H23NO4. The molecule has 0 aromatic heterocycles. The molecule has 0 radical (unpaired) electrons. The molecule has 0 saturated heterocycles. The van der Waals surface area contributed by atoms with Gasteiger partial charge in [0.15, 0.2) is 0 Å². The Kier molecular flexibility index (Phi) is 7.54. The van der Waals surface area contributed by atoms with E-state index in [0.717, 1.165) is 12.8 Å². The maximum atomic E-state index is 12.0. The van der Waals surface area contributed by atoms with Gasteiger partial charge in [-0.1, -0.05) is 27.2 Å². The summed E-state index contributed by atoms with van der Waals surface area (Å²) < 4.78 is 0. The minimum Gasteiger partial charge on any atom is -0.481 e. The van der Waals surface area contributed by atoms with Gasteiger partial charge in [0.25, 0.3) is 0 Å². The minimum absolute atomic E-state index is 0.0936. The van der Waals surface area contributed by atoms with Crippen LogP contribution in [0, 0.1) is 11.8 Å². The van der Waals surface area contributed by atoms with Gasteiger partial charge in [0.1, 0.15) is 0 Å². The van der Waals surface area contributed by atoms with Crippen molar-refractivity contribution in [2.75, 3.05) is 19.7 Å². The second-order valence-corrected chi connectivity index (χ2v) is 4.32. The Labute approximate surface area is 102 Å². The topological polar surface area (TPSA) is 77.8 Å². The van der Waals surface area contributed by atoms with Gasteiger partial charge in [0.2, 0.25) is 5.91 Å². The predicted octanol–water partition coefficient (Wildman–Crippen LogP) is 0.964. The molecule has 2 N–H and O–H groups in total. The molecule has 1 amide bonds. The fraction of sp³-hybridized carbons (Fsp3) is 0.833. The molecule has 0 aliphatic heterocycles. The summed E-state index contributed by atoms with van der Waals surface area (Å²) in [7, 11) is 0. The fourth-order valence-corrected chi connectivity index (χ4v) is 1.52. The van der Waals surface area contributed by atoms with Gasteiger partial charge in [-0.2, -0.15) is 0 Å². The van der Waals surface area contributed by atoms with Crippen LogP contribution in [0.1, 0.15) is 33.6 Å². The monoisotopic (exact) mass is 245 g/mol. The summed E-state index contributed by atoms with van der Waals surface area (Å²) in [4.78, 5) is 24.4. The molecule has 100 valence electrons. The number of aliphatic hydroxyl groups excluding tert-OH is 1. The highest BCUT2D eigenvalue weighted by Gasteiger charge is 2.28. The number of rotatable bonds is 8. The number of unbranched alkanes of at least 4 members (excludes halogenated alkanes) is 1. The smallest absolute Gasteiger partial charge is 0.307 e. The summed E-state index contributed by atoms with van der Waals surface area (Å²) in [5, 5.41) is 17.8. The highest BCUT2D eigenvalue weighted by atomic mass is 16.4. The van der Waals surface area contributed by atoms with E-state index < -0.39 is 17.8 Å². The molecule has 0 bridgehead atoms. The molecule has 0 spiro atoms. The number of carboxylic acids is 1. The zero-order chi connectivity index (χ0) is 13.4. The summed E-state index contributed by atoms with van der Waals surface area (Å²) in [6, 6.07) is 0. The van der Waals surface area contributed by atoms with Crippen LogP contribution in [0.15, 0.2) is 0 Å². The molecule has 5 nitrogen and oxygen atoms in total. The summed E-state index contributed by atoms with van der Waals surface area (Å²) >= 11 is 0. The van der Waals surface area contributed by atoms with Crippen molar-refractivity contribution in [3.8, 4) is 0 Å². The Bertz CT molecular complexity index is 255. The Balaban J connectivity index is 4.52. The average Bonchev–Trinajstić information content (AvgIpc) is 2.31. The second-order valence-electron chi connectivity index (χ2n) is 4.32. The van der Waals surface area contributed by atoms with Crippen LogP contribution in [-0.2, 0) is 9.59 Å². The third-order valence-corrected chi connectivity index (χ3v) is 2.99. The number of hydrogen-bond donors (Lipinski definition) is 2. The standard InChI is InChI=1S/C12H23NO4/c1-4-5-6-13(7-8-14)11(15)9(2)10(3)12(16)17/h9-10,14H,4-8H2,1-3H3,(H,16,17). The molecular weight excluding hydrogens is 222 g/mol. The van der Waals surface area contributed by atoms with E-state index >= 15 is 0 Å². The van der Waals surface area contributed by atoms with E-state index in [1.54, 1.807) is 11.8 Å². The van der Waals surface area contributed by atoms with Crippen LogP contribution in [-0.4, -0.2) is 46.7 Å². The van der Waals surface area contributed by atoms with E-state index in [-0.39, 0.29) is 19.1 Å². The third-order valence-electron chi connectivity index (χ3n) is 2.99. The van der Waals surface area contributed by atoms with Crippen molar-refractivity contribution in [3.63, 3.8) is 0 Å². The van der Waals surface area contributed by atoms with Crippen LogP contribution in [0.5, 0.6) is 0 Å². The first-order valence-electron chi connectivity index (χ1n) is 6.08. The molecule has 0 heterocycles. The molecule has 0 aromatic rings. The van der Waals surface area contributed by atoms with Crippen molar-refractivity contribution in [2.45, 2.75) is 33.6 Å². The van der Waals surface area contributed by atoms with Gasteiger partial charge in [-0.25, -0.2) is 0 Å².